The van der Waals surface area contributed by atoms with Gasteiger partial charge in [-0.25, -0.2) is 0 Å². The molecule has 0 aliphatic carbocycles. The molecule has 1 atom stereocenters. The second kappa shape index (κ2) is 5.21. The van der Waals surface area contributed by atoms with E-state index >= 15 is 0 Å². The Morgan fingerprint density at radius 3 is 3.06 bits per heavy atom. The predicted octanol–water partition coefficient (Wildman–Crippen LogP) is 1.64. The Kier molecular flexibility index (Phi) is 3.66. The first kappa shape index (κ1) is 12.0. The third-order valence-corrected chi connectivity index (χ3v) is 3.54. The summed E-state index contributed by atoms with van der Waals surface area (Å²) in [5.41, 5.74) is 6.00. The quantitative estimate of drug-likeness (QED) is 0.819. The van der Waals surface area contributed by atoms with Crippen LogP contribution in [-0.4, -0.2) is 34.1 Å². The van der Waals surface area contributed by atoms with Crippen molar-refractivity contribution >= 4 is 11.7 Å². The topological polar surface area (TPSA) is 75.0 Å². The van der Waals surface area contributed by atoms with Crippen LogP contribution in [0.1, 0.15) is 43.1 Å². The number of hydrogen-bond acceptors (Lipinski definition) is 3. The molecule has 17 heavy (non-hydrogen) atoms. The van der Waals surface area contributed by atoms with Gasteiger partial charge in [-0.1, -0.05) is 13.3 Å². The molecular formula is C12H20N4O. The maximum absolute atomic E-state index is 12.2. The number of nitrogens with zero attached hydrogens (tertiary/aromatic N) is 2. The fourth-order valence-electron chi connectivity index (χ4n) is 2.39. The van der Waals surface area contributed by atoms with Crippen LogP contribution in [0.3, 0.4) is 0 Å². The second-order valence-corrected chi connectivity index (χ2v) is 4.70. The van der Waals surface area contributed by atoms with Crippen LogP contribution in [-0.2, 0) is 0 Å². The molecule has 2 heterocycles. The Labute approximate surface area is 101 Å². The molecule has 5 heteroatoms. The molecule has 1 aromatic rings. The van der Waals surface area contributed by atoms with Crippen molar-refractivity contribution in [2.24, 2.45) is 5.92 Å². The third-order valence-electron chi connectivity index (χ3n) is 3.54. The highest BCUT2D eigenvalue weighted by molar-refractivity contribution is 5.92. The fourth-order valence-corrected chi connectivity index (χ4v) is 2.39. The third kappa shape index (κ3) is 2.78. The number of nitrogens with two attached hydrogens (primary N) is 1. The van der Waals surface area contributed by atoms with Gasteiger partial charge in [-0.15, -0.1) is 0 Å². The Morgan fingerprint density at radius 1 is 1.59 bits per heavy atom. The zero-order chi connectivity index (χ0) is 12.3. The molecule has 1 saturated heterocycles. The van der Waals surface area contributed by atoms with Crippen molar-refractivity contribution in [2.45, 2.75) is 32.6 Å². The van der Waals surface area contributed by atoms with Crippen LogP contribution >= 0.6 is 0 Å². The summed E-state index contributed by atoms with van der Waals surface area (Å²) >= 11 is 0. The van der Waals surface area contributed by atoms with Crippen LogP contribution < -0.4 is 5.73 Å². The maximum Gasteiger partial charge on any atom is 0.271 e. The first-order valence-electron chi connectivity index (χ1n) is 6.31. The second-order valence-electron chi connectivity index (χ2n) is 4.70. The van der Waals surface area contributed by atoms with Crippen molar-refractivity contribution in [1.82, 2.24) is 15.1 Å². The lowest BCUT2D eigenvalue weighted by molar-refractivity contribution is 0.0754. The molecule has 3 N–H and O–H groups in total. The number of aromatic amines is 1. The van der Waals surface area contributed by atoms with Crippen LogP contribution in [0.25, 0.3) is 0 Å². The van der Waals surface area contributed by atoms with Gasteiger partial charge in [0.15, 0.2) is 0 Å². The number of aromatic nitrogens is 2. The van der Waals surface area contributed by atoms with Crippen molar-refractivity contribution < 1.29 is 4.79 Å². The zero-order valence-electron chi connectivity index (χ0n) is 10.3. The molecule has 2 rings (SSSR count). The van der Waals surface area contributed by atoms with Crippen LogP contribution in [0.15, 0.2) is 6.07 Å². The van der Waals surface area contributed by atoms with Gasteiger partial charge in [0, 0.05) is 19.2 Å². The average molecular weight is 236 g/mol. The monoisotopic (exact) mass is 236 g/mol. The highest BCUT2D eigenvalue weighted by Crippen LogP contribution is 2.21. The van der Waals surface area contributed by atoms with E-state index in [1.54, 1.807) is 6.07 Å². The molecule has 0 bridgehead atoms. The summed E-state index contributed by atoms with van der Waals surface area (Å²) < 4.78 is 0. The molecule has 0 saturated carbocycles. The molecule has 1 aliphatic heterocycles. The molecular weight excluding hydrogens is 216 g/mol. The number of likely N-dealkylation sites (tertiary alicyclic amines) is 1. The number of H-pyrrole nitrogens is 1. The number of carbonyl (C=O) groups excluding carboxylic acids is 1. The van der Waals surface area contributed by atoms with E-state index in [0.29, 0.717) is 11.5 Å². The number of amides is 1. The lowest BCUT2D eigenvalue weighted by Gasteiger charge is -2.19. The van der Waals surface area contributed by atoms with E-state index in [9.17, 15) is 4.79 Å². The van der Waals surface area contributed by atoms with Gasteiger partial charge in [-0.2, -0.15) is 5.10 Å². The lowest BCUT2D eigenvalue weighted by atomic mass is 9.98. The summed E-state index contributed by atoms with van der Waals surface area (Å²) in [6.07, 6.45) is 4.63. The first-order valence-corrected chi connectivity index (χ1v) is 6.31. The number of hydrogen-bond donors (Lipinski definition) is 2. The van der Waals surface area contributed by atoms with Gasteiger partial charge in [0.25, 0.3) is 5.91 Å². The number of carbonyl (C=O) groups is 1. The van der Waals surface area contributed by atoms with Crippen molar-refractivity contribution in [3.8, 4) is 0 Å². The summed E-state index contributed by atoms with van der Waals surface area (Å²) in [6, 6.07) is 1.60. The van der Waals surface area contributed by atoms with E-state index in [2.05, 4.69) is 17.1 Å². The first-order chi connectivity index (χ1) is 8.20. The van der Waals surface area contributed by atoms with Gasteiger partial charge in [0.05, 0.1) is 0 Å². The van der Waals surface area contributed by atoms with Crippen molar-refractivity contribution in [2.75, 3.05) is 18.8 Å². The normalized spacial score (nSPS) is 21.2. The highest BCUT2D eigenvalue weighted by Gasteiger charge is 2.21. The van der Waals surface area contributed by atoms with Crippen molar-refractivity contribution in [1.29, 1.82) is 0 Å². The number of rotatable bonds is 2. The van der Waals surface area contributed by atoms with Crippen LogP contribution in [0.5, 0.6) is 0 Å². The highest BCUT2D eigenvalue weighted by atomic mass is 16.2. The molecule has 1 aliphatic rings. The summed E-state index contributed by atoms with van der Waals surface area (Å²) in [5, 5.41) is 6.47. The van der Waals surface area contributed by atoms with Crippen LogP contribution in [0.4, 0.5) is 5.82 Å². The van der Waals surface area contributed by atoms with Gasteiger partial charge in [-0.05, 0) is 25.2 Å². The van der Waals surface area contributed by atoms with Gasteiger partial charge < -0.3 is 10.6 Å². The summed E-state index contributed by atoms with van der Waals surface area (Å²) in [5.74, 6) is 1.15. The largest absolute Gasteiger partial charge is 0.382 e. The number of nitrogens with one attached hydrogen (secondary N) is 1. The van der Waals surface area contributed by atoms with E-state index in [1.807, 2.05) is 4.90 Å². The zero-order valence-corrected chi connectivity index (χ0v) is 10.3. The van der Waals surface area contributed by atoms with Crippen LogP contribution in [0, 0.1) is 5.92 Å². The maximum atomic E-state index is 12.2. The molecule has 1 unspecified atom stereocenters. The van der Waals surface area contributed by atoms with Crippen LogP contribution in [0.2, 0.25) is 0 Å². The van der Waals surface area contributed by atoms with E-state index in [0.717, 1.165) is 31.8 Å². The molecule has 0 radical (unpaired) electrons. The smallest absolute Gasteiger partial charge is 0.271 e. The Bertz CT molecular complexity index is 388. The molecule has 0 spiro atoms. The van der Waals surface area contributed by atoms with Gasteiger partial charge >= 0.3 is 0 Å². The van der Waals surface area contributed by atoms with Gasteiger partial charge in [-0.3, -0.25) is 9.89 Å². The van der Waals surface area contributed by atoms with Gasteiger partial charge in [0.2, 0.25) is 0 Å². The molecule has 5 nitrogen and oxygen atoms in total. The minimum absolute atomic E-state index is 0.0194. The molecule has 1 aromatic heterocycles. The molecule has 1 fully saturated rings. The Balaban J connectivity index is 2.00. The summed E-state index contributed by atoms with van der Waals surface area (Å²) in [4.78, 5) is 14.1. The van der Waals surface area contributed by atoms with E-state index in [4.69, 9.17) is 5.73 Å². The summed E-state index contributed by atoms with van der Waals surface area (Å²) in [6.45, 7) is 3.91. The Hall–Kier alpha value is -1.52. The number of nitrogen functional groups attached to an aromatic ring is 1. The SMILES string of the molecule is CCC1CCCN(C(=O)c2cc(N)n[nH]2)CC1. The molecule has 1 amide bonds. The molecule has 0 aromatic carbocycles. The van der Waals surface area contributed by atoms with Gasteiger partial charge in [0.1, 0.15) is 11.5 Å². The van der Waals surface area contributed by atoms with E-state index in [1.165, 1.54) is 12.8 Å². The molecule has 94 valence electrons. The van der Waals surface area contributed by atoms with E-state index < -0.39 is 0 Å². The average Bonchev–Trinajstić information content (AvgIpc) is 2.64. The lowest BCUT2D eigenvalue weighted by Crippen LogP contribution is -2.32. The van der Waals surface area contributed by atoms with Crippen molar-refractivity contribution in [3.05, 3.63) is 11.8 Å². The predicted molar refractivity (Wildman–Crippen MR) is 66.5 cm³/mol. The van der Waals surface area contributed by atoms with E-state index in [-0.39, 0.29) is 5.91 Å². The number of anilines is 1. The summed E-state index contributed by atoms with van der Waals surface area (Å²) in [7, 11) is 0. The fraction of sp³-hybridized carbons (Fsp3) is 0.667. The Morgan fingerprint density at radius 2 is 2.41 bits per heavy atom. The minimum atomic E-state index is 0.0194. The standard InChI is InChI=1S/C12H20N4O/c1-2-9-4-3-6-16(7-5-9)12(17)10-8-11(13)15-14-10/h8-9H,2-7H2,1H3,(H3,13,14,15). The van der Waals surface area contributed by atoms with Crippen molar-refractivity contribution in [3.63, 3.8) is 0 Å². The minimum Gasteiger partial charge on any atom is -0.382 e.